The van der Waals surface area contributed by atoms with Crippen LogP contribution in [0.5, 0.6) is 0 Å². The number of anilines is 1. The van der Waals surface area contributed by atoms with E-state index in [0.29, 0.717) is 4.68 Å². The predicted octanol–water partition coefficient (Wildman–Crippen LogP) is 1.26. The van der Waals surface area contributed by atoms with Gasteiger partial charge in [0.05, 0.1) is 0 Å². The number of nitrogens with two attached hydrogens (primary N) is 1. The smallest absolute Gasteiger partial charge is 0.382 e. The van der Waals surface area contributed by atoms with Crippen LogP contribution in [0.25, 0.3) is 5.82 Å². The van der Waals surface area contributed by atoms with Crippen LogP contribution in [-0.4, -0.2) is 19.7 Å². The van der Waals surface area contributed by atoms with E-state index < -0.39 is 11.9 Å². The summed E-state index contributed by atoms with van der Waals surface area (Å²) in [4.78, 5) is 7.28. The first-order chi connectivity index (χ1) is 7.48. The second-order valence-electron chi connectivity index (χ2n) is 2.93. The summed E-state index contributed by atoms with van der Waals surface area (Å²) in [6.07, 6.45) is -2.08. The molecule has 84 valence electrons. The monoisotopic (exact) mass is 229 g/mol. The van der Waals surface area contributed by atoms with Gasteiger partial charge in [-0.15, -0.1) is 5.10 Å². The highest BCUT2D eigenvalue weighted by molar-refractivity contribution is 5.36. The minimum atomic E-state index is -4.53. The standard InChI is InChI=1S/C8H6F3N5/c9-8(10,11)5-3-6(12)15-16(5)7-1-2-13-4-14-7/h1-4H,(H2,12,15). The minimum absolute atomic E-state index is 0.0130. The highest BCUT2D eigenvalue weighted by Gasteiger charge is 2.36. The number of nitrogen functional groups attached to an aromatic ring is 1. The second kappa shape index (κ2) is 3.47. The number of alkyl halides is 3. The number of hydrogen-bond acceptors (Lipinski definition) is 4. The average Bonchev–Trinajstić information content (AvgIpc) is 2.61. The van der Waals surface area contributed by atoms with E-state index in [2.05, 4.69) is 15.1 Å². The van der Waals surface area contributed by atoms with Crippen LogP contribution in [0.15, 0.2) is 24.7 Å². The summed E-state index contributed by atoms with van der Waals surface area (Å²) in [5.41, 5.74) is 4.27. The van der Waals surface area contributed by atoms with Crippen molar-refractivity contribution in [1.82, 2.24) is 19.7 Å². The van der Waals surface area contributed by atoms with Crippen LogP contribution < -0.4 is 5.73 Å². The van der Waals surface area contributed by atoms with Crippen molar-refractivity contribution in [2.45, 2.75) is 6.18 Å². The molecule has 0 atom stereocenters. The molecule has 0 fully saturated rings. The Kier molecular flexibility index (Phi) is 2.26. The zero-order valence-electron chi connectivity index (χ0n) is 7.81. The topological polar surface area (TPSA) is 69.6 Å². The normalized spacial score (nSPS) is 11.7. The highest BCUT2D eigenvalue weighted by atomic mass is 19.4. The van der Waals surface area contributed by atoms with Crippen molar-refractivity contribution in [3.05, 3.63) is 30.4 Å². The van der Waals surface area contributed by atoms with Gasteiger partial charge in [0, 0.05) is 18.3 Å². The molecule has 0 bridgehead atoms. The van der Waals surface area contributed by atoms with E-state index in [1.54, 1.807) is 0 Å². The Bertz CT molecular complexity index is 490. The van der Waals surface area contributed by atoms with Gasteiger partial charge >= 0.3 is 6.18 Å². The van der Waals surface area contributed by atoms with Gasteiger partial charge in [-0.3, -0.25) is 0 Å². The highest BCUT2D eigenvalue weighted by Crippen LogP contribution is 2.31. The molecule has 5 nitrogen and oxygen atoms in total. The summed E-state index contributed by atoms with van der Waals surface area (Å²) in [6, 6.07) is 2.06. The molecule has 0 saturated heterocycles. The third-order valence-electron chi connectivity index (χ3n) is 1.80. The molecule has 0 aromatic carbocycles. The zero-order chi connectivity index (χ0) is 11.8. The van der Waals surface area contributed by atoms with Gasteiger partial charge < -0.3 is 5.73 Å². The summed E-state index contributed by atoms with van der Waals surface area (Å²) in [7, 11) is 0. The Morgan fingerprint density at radius 3 is 2.62 bits per heavy atom. The molecule has 2 rings (SSSR count). The number of aromatic nitrogens is 4. The average molecular weight is 229 g/mol. The number of halogens is 3. The number of nitrogens with zero attached hydrogens (tertiary/aromatic N) is 4. The molecular weight excluding hydrogens is 223 g/mol. The minimum Gasteiger partial charge on any atom is -0.382 e. The fourth-order valence-corrected chi connectivity index (χ4v) is 1.18. The van der Waals surface area contributed by atoms with Crippen molar-refractivity contribution < 1.29 is 13.2 Å². The van der Waals surface area contributed by atoms with Crippen LogP contribution >= 0.6 is 0 Å². The Balaban J connectivity index is 2.58. The van der Waals surface area contributed by atoms with E-state index in [0.717, 1.165) is 12.4 Å². The molecule has 0 aliphatic carbocycles. The Hall–Kier alpha value is -2.12. The molecule has 0 radical (unpaired) electrons. The van der Waals surface area contributed by atoms with Gasteiger partial charge in [-0.2, -0.15) is 13.2 Å². The van der Waals surface area contributed by atoms with E-state index >= 15 is 0 Å². The fraction of sp³-hybridized carbons (Fsp3) is 0.125. The van der Waals surface area contributed by atoms with Gasteiger partial charge in [-0.25, -0.2) is 14.6 Å². The van der Waals surface area contributed by atoms with Crippen molar-refractivity contribution in [1.29, 1.82) is 0 Å². The van der Waals surface area contributed by atoms with E-state index in [1.165, 1.54) is 12.3 Å². The molecule has 16 heavy (non-hydrogen) atoms. The third kappa shape index (κ3) is 1.81. The van der Waals surface area contributed by atoms with E-state index in [-0.39, 0.29) is 11.6 Å². The first-order valence-corrected chi connectivity index (χ1v) is 4.17. The Morgan fingerprint density at radius 2 is 2.06 bits per heavy atom. The summed E-state index contributed by atoms with van der Waals surface area (Å²) < 4.78 is 38.4. The van der Waals surface area contributed by atoms with Gasteiger partial charge in [0.15, 0.2) is 11.5 Å². The van der Waals surface area contributed by atoms with Crippen LogP contribution in [0.3, 0.4) is 0 Å². The maximum Gasteiger partial charge on any atom is 0.433 e. The van der Waals surface area contributed by atoms with Crippen molar-refractivity contribution in [3.8, 4) is 5.82 Å². The molecule has 0 unspecified atom stereocenters. The molecule has 0 amide bonds. The summed E-state index contributed by atoms with van der Waals surface area (Å²) in [5, 5.41) is 3.53. The molecule has 0 aliphatic heterocycles. The summed E-state index contributed by atoms with van der Waals surface area (Å²) >= 11 is 0. The van der Waals surface area contributed by atoms with Crippen LogP contribution in [0.4, 0.5) is 19.0 Å². The summed E-state index contributed by atoms with van der Waals surface area (Å²) in [6.45, 7) is 0. The molecule has 8 heteroatoms. The molecule has 2 aromatic heterocycles. The van der Waals surface area contributed by atoms with Gasteiger partial charge in [-0.05, 0) is 0 Å². The maximum atomic E-state index is 12.6. The van der Waals surface area contributed by atoms with E-state index in [9.17, 15) is 13.2 Å². The van der Waals surface area contributed by atoms with Crippen LogP contribution in [0, 0.1) is 0 Å². The SMILES string of the molecule is Nc1cc(C(F)(F)F)n(-c2ccncn2)n1. The van der Waals surface area contributed by atoms with Gasteiger partial charge in [-0.1, -0.05) is 0 Å². The molecular formula is C8H6F3N5. The lowest BCUT2D eigenvalue weighted by molar-refractivity contribution is -0.142. The van der Waals surface area contributed by atoms with Gasteiger partial charge in [0.25, 0.3) is 0 Å². The quantitative estimate of drug-likeness (QED) is 0.799. The van der Waals surface area contributed by atoms with Crippen LogP contribution in [0.2, 0.25) is 0 Å². The zero-order valence-corrected chi connectivity index (χ0v) is 7.81. The Morgan fingerprint density at radius 1 is 1.31 bits per heavy atom. The van der Waals surface area contributed by atoms with Gasteiger partial charge in [0.2, 0.25) is 0 Å². The van der Waals surface area contributed by atoms with Crippen molar-refractivity contribution >= 4 is 5.82 Å². The Labute approximate surface area is 87.7 Å². The van der Waals surface area contributed by atoms with E-state index in [1.807, 2.05) is 0 Å². The predicted molar refractivity (Wildman–Crippen MR) is 48.6 cm³/mol. The number of rotatable bonds is 1. The molecule has 0 saturated carbocycles. The lowest BCUT2D eigenvalue weighted by Crippen LogP contribution is -2.14. The van der Waals surface area contributed by atoms with Crippen LogP contribution in [-0.2, 0) is 6.18 Å². The maximum absolute atomic E-state index is 12.6. The van der Waals surface area contributed by atoms with Gasteiger partial charge in [0.1, 0.15) is 12.1 Å². The third-order valence-corrected chi connectivity index (χ3v) is 1.80. The fourth-order valence-electron chi connectivity index (χ4n) is 1.18. The first-order valence-electron chi connectivity index (χ1n) is 4.17. The van der Waals surface area contributed by atoms with Crippen molar-refractivity contribution in [2.24, 2.45) is 0 Å². The van der Waals surface area contributed by atoms with Crippen molar-refractivity contribution in [3.63, 3.8) is 0 Å². The first kappa shape index (κ1) is 10.4. The lowest BCUT2D eigenvalue weighted by atomic mass is 10.4. The molecule has 2 heterocycles. The second-order valence-corrected chi connectivity index (χ2v) is 2.93. The lowest BCUT2D eigenvalue weighted by Gasteiger charge is -2.08. The molecule has 2 aromatic rings. The molecule has 0 spiro atoms. The van der Waals surface area contributed by atoms with Crippen molar-refractivity contribution in [2.75, 3.05) is 5.73 Å². The van der Waals surface area contributed by atoms with E-state index in [4.69, 9.17) is 5.73 Å². The number of hydrogen-bond donors (Lipinski definition) is 1. The molecule has 0 aliphatic rings. The summed E-state index contributed by atoms with van der Waals surface area (Å²) in [5.74, 6) is -0.204. The largest absolute Gasteiger partial charge is 0.433 e. The van der Waals surface area contributed by atoms with Crippen LogP contribution in [0.1, 0.15) is 5.69 Å². The molecule has 2 N–H and O–H groups in total.